The summed E-state index contributed by atoms with van der Waals surface area (Å²) in [5.74, 6) is -0.326. The first-order valence-corrected chi connectivity index (χ1v) is 9.98. The average Bonchev–Trinajstić information content (AvgIpc) is 2.64. The van der Waals surface area contributed by atoms with E-state index in [1.807, 2.05) is 6.92 Å². The molecule has 0 saturated carbocycles. The van der Waals surface area contributed by atoms with Crippen molar-refractivity contribution in [2.75, 3.05) is 13.3 Å². The second-order valence-corrected chi connectivity index (χ2v) is 8.13. The van der Waals surface area contributed by atoms with Crippen LogP contribution in [-0.2, 0) is 14.6 Å². The molecule has 8 heteroatoms. The predicted molar refractivity (Wildman–Crippen MR) is 103 cm³/mol. The smallest absolute Gasteiger partial charge is 0.276 e. The Hall–Kier alpha value is -3.00. The Morgan fingerprint density at radius 3 is 2.30 bits per heavy atom. The molecule has 1 amide bonds. The topological polar surface area (TPSA) is 97.6 Å². The van der Waals surface area contributed by atoms with Gasteiger partial charge in [-0.1, -0.05) is 24.3 Å². The highest BCUT2D eigenvalue weighted by molar-refractivity contribution is 7.90. The number of carbonyl (C=O) groups is 1. The summed E-state index contributed by atoms with van der Waals surface area (Å²) in [6.45, 7) is 1.81. The first kappa shape index (κ1) is 20.3. The van der Waals surface area contributed by atoms with Gasteiger partial charge in [0.25, 0.3) is 5.69 Å². The highest BCUT2D eigenvalue weighted by Gasteiger charge is 2.17. The number of hydrogen-bond acceptors (Lipinski definition) is 5. The molecular formula is C19H20N2O5S. The normalized spacial score (nSPS) is 12.7. The Bertz CT molecular complexity index is 981. The van der Waals surface area contributed by atoms with Crippen molar-refractivity contribution < 1.29 is 18.1 Å². The molecule has 0 aliphatic rings. The van der Waals surface area contributed by atoms with Gasteiger partial charge in [0.15, 0.2) is 9.84 Å². The Balaban J connectivity index is 2.16. The van der Waals surface area contributed by atoms with E-state index in [2.05, 4.69) is 0 Å². The SMILES string of the molecule is CC(c1ccc(S(C)(=O)=O)cc1)N(C)C(=O)/C=C/c1ccccc1[N+](=O)[O-]. The quantitative estimate of drug-likeness (QED) is 0.430. The van der Waals surface area contributed by atoms with Gasteiger partial charge >= 0.3 is 0 Å². The maximum atomic E-state index is 12.4. The van der Waals surface area contributed by atoms with Crippen molar-refractivity contribution in [2.45, 2.75) is 17.9 Å². The van der Waals surface area contributed by atoms with Crippen LogP contribution in [-0.4, -0.2) is 37.5 Å². The third kappa shape index (κ3) is 5.01. The summed E-state index contributed by atoms with van der Waals surface area (Å²) < 4.78 is 23.1. The molecular weight excluding hydrogens is 368 g/mol. The van der Waals surface area contributed by atoms with Crippen molar-refractivity contribution in [1.29, 1.82) is 0 Å². The van der Waals surface area contributed by atoms with Crippen molar-refractivity contribution >= 4 is 27.5 Å². The third-order valence-electron chi connectivity index (χ3n) is 4.26. The molecule has 0 saturated heterocycles. The standard InChI is InChI=1S/C19H20N2O5S/c1-14(15-8-11-17(12-9-15)27(3,25)26)20(2)19(22)13-10-16-6-4-5-7-18(16)21(23)24/h4-14H,1-3H3/b13-10+. The van der Waals surface area contributed by atoms with Crippen LogP contribution in [0.5, 0.6) is 0 Å². The molecule has 0 N–H and O–H groups in total. The first-order chi connectivity index (χ1) is 12.6. The van der Waals surface area contributed by atoms with Gasteiger partial charge in [0.05, 0.1) is 21.4 Å². The van der Waals surface area contributed by atoms with Crippen LogP contribution < -0.4 is 0 Å². The van der Waals surface area contributed by atoms with Gasteiger partial charge in [-0.3, -0.25) is 14.9 Å². The number of amides is 1. The lowest BCUT2D eigenvalue weighted by Gasteiger charge is -2.24. The minimum absolute atomic E-state index is 0.0754. The number of likely N-dealkylation sites (N-methyl/N-ethyl adjacent to an activating group) is 1. The van der Waals surface area contributed by atoms with E-state index >= 15 is 0 Å². The summed E-state index contributed by atoms with van der Waals surface area (Å²) >= 11 is 0. The van der Waals surface area contributed by atoms with Crippen LogP contribution >= 0.6 is 0 Å². The number of benzene rings is 2. The van der Waals surface area contributed by atoms with E-state index in [4.69, 9.17) is 0 Å². The van der Waals surface area contributed by atoms with Crippen molar-refractivity contribution in [2.24, 2.45) is 0 Å². The monoisotopic (exact) mass is 388 g/mol. The molecule has 2 aromatic rings. The molecule has 0 aliphatic heterocycles. The van der Waals surface area contributed by atoms with E-state index in [9.17, 15) is 23.3 Å². The van der Waals surface area contributed by atoms with Crippen molar-refractivity contribution in [1.82, 2.24) is 4.90 Å². The van der Waals surface area contributed by atoms with E-state index in [0.717, 1.165) is 11.8 Å². The summed E-state index contributed by atoms with van der Waals surface area (Å²) in [4.78, 5) is 24.6. The van der Waals surface area contributed by atoms with E-state index in [1.165, 1.54) is 35.3 Å². The fraction of sp³-hybridized carbons (Fsp3) is 0.211. The van der Waals surface area contributed by atoms with Crippen LogP contribution in [0.3, 0.4) is 0 Å². The summed E-state index contributed by atoms with van der Waals surface area (Å²) in [7, 11) is -1.67. The second-order valence-electron chi connectivity index (χ2n) is 6.12. The molecule has 27 heavy (non-hydrogen) atoms. The largest absolute Gasteiger partial charge is 0.335 e. The number of nitro groups is 1. The number of sulfone groups is 1. The zero-order valence-electron chi connectivity index (χ0n) is 15.2. The maximum absolute atomic E-state index is 12.4. The van der Waals surface area contributed by atoms with Crippen LogP contribution in [0.1, 0.15) is 24.1 Å². The third-order valence-corrected chi connectivity index (χ3v) is 5.39. The Morgan fingerprint density at radius 2 is 1.74 bits per heavy atom. The van der Waals surface area contributed by atoms with E-state index in [0.29, 0.717) is 5.56 Å². The molecule has 0 fully saturated rings. The predicted octanol–water partition coefficient (Wildman–Crippen LogP) is 3.23. The number of para-hydroxylation sites is 1. The van der Waals surface area contributed by atoms with E-state index < -0.39 is 14.8 Å². The van der Waals surface area contributed by atoms with Gasteiger partial charge in [0, 0.05) is 25.4 Å². The Morgan fingerprint density at radius 1 is 1.15 bits per heavy atom. The second kappa shape index (κ2) is 8.13. The minimum atomic E-state index is -3.28. The van der Waals surface area contributed by atoms with Crippen molar-refractivity contribution in [3.63, 3.8) is 0 Å². The molecule has 0 bridgehead atoms. The average molecular weight is 388 g/mol. The molecule has 1 unspecified atom stereocenters. The van der Waals surface area contributed by atoms with Gasteiger partial charge in [0.1, 0.15) is 0 Å². The lowest BCUT2D eigenvalue weighted by atomic mass is 10.1. The van der Waals surface area contributed by atoms with Gasteiger partial charge in [-0.15, -0.1) is 0 Å². The van der Waals surface area contributed by atoms with Crippen LogP contribution in [0.2, 0.25) is 0 Å². The van der Waals surface area contributed by atoms with Gasteiger partial charge in [-0.2, -0.15) is 0 Å². The van der Waals surface area contributed by atoms with Crippen LogP contribution in [0.25, 0.3) is 6.08 Å². The van der Waals surface area contributed by atoms with Crippen molar-refractivity contribution in [3.05, 3.63) is 75.8 Å². The summed E-state index contributed by atoms with van der Waals surface area (Å²) in [6, 6.07) is 12.2. The lowest BCUT2D eigenvalue weighted by molar-refractivity contribution is -0.385. The summed E-state index contributed by atoms with van der Waals surface area (Å²) in [6.07, 6.45) is 3.83. The fourth-order valence-electron chi connectivity index (χ4n) is 2.48. The number of carbonyl (C=O) groups excluding carboxylic acids is 1. The highest BCUT2D eigenvalue weighted by Crippen LogP contribution is 2.22. The number of nitrogens with zero attached hydrogens (tertiary/aromatic N) is 2. The van der Waals surface area contributed by atoms with E-state index in [1.54, 1.807) is 37.4 Å². The molecule has 0 heterocycles. The fourth-order valence-corrected chi connectivity index (χ4v) is 3.11. The Labute approximate surface area is 158 Å². The lowest BCUT2D eigenvalue weighted by Crippen LogP contribution is -2.28. The minimum Gasteiger partial charge on any atom is -0.335 e. The maximum Gasteiger partial charge on any atom is 0.276 e. The highest BCUT2D eigenvalue weighted by atomic mass is 32.2. The first-order valence-electron chi connectivity index (χ1n) is 8.09. The molecule has 0 aliphatic carbocycles. The molecule has 1 atom stereocenters. The van der Waals surface area contributed by atoms with Gasteiger partial charge in [-0.05, 0) is 36.8 Å². The number of nitro benzene ring substituents is 1. The van der Waals surface area contributed by atoms with Crippen LogP contribution in [0.15, 0.2) is 59.5 Å². The molecule has 2 aromatic carbocycles. The van der Waals surface area contributed by atoms with Crippen LogP contribution in [0.4, 0.5) is 5.69 Å². The zero-order chi connectivity index (χ0) is 20.2. The molecule has 0 aromatic heterocycles. The molecule has 142 valence electrons. The summed E-state index contributed by atoms with van der Waals surface area (Å²) in [5, 5.41) is 11.0. The Kier molecular flexibility index (Phi) is 6.12. The van der Waals surface area contributed by atoms with Crippen molar-refractivity contribution in [3.8, 4) is 0 Å². The zero-order valence-corrected chi connectivity index (χ0v) is 16.0. The van der Waals surface area contributed by atoms with Crippen LogP contribution in [0, 0.1) is 10.1 Å². The summed E-state index contributed by atoms with van der Waals surface area (Å²) in [5.41, 5.74) is 1.04. The van der Waals surface area contributed by atoms with Gasteiger partial charge in [0.2, 0.25) is 5.91 Å². The molecule has 2 rings (SSSR count). The molecule has 7 nitrogen and oxygen atoms in total. The number of rotatable bonds is 6. The van der Waals surface area contributed by atoms with E-state index in [-0.39, 0.29) is 22.5 Å². The number of hydrogen-bond donors (Lipinski definition) is 0. The van der Waals surface area contributed by atoms with Gasteiger partial charge < -0.3 is 4.90 Å². The molecule has 0 radical (unpaired) electrons. The van der Waals surface area contributed by atoms with Gasteiger partial charge in [-0.25, -0.2) is 8.42 Å². The molecule has 0 spiro atoms.